The number of benzene rings is 11. The average molecular weight is 1150 g/mol. The predicted molar refractivity (Wildman–Crippen MR) is 378 cm³/mol. The Labute approximate surface area is 524 Å². The summed E-state index contributed by atoms with van der Waals surface area (Å²) in [6.45, 7) is 22.7. The number of para-hydroxylation sites is 3. The van der Waals surface area contributed by atoms with E-state index >= 15 is 0 Å². The molecular formula is C86H77N3. The van der Waals surface area contributed by atoms with Crippen molar-refractivity contribution < 1.29 is 0 Å². The first-order valence-corrected chi connectivity index (χ1v) is 33.4. The Bertz CT molecular complexity index is 4930. The normalized spacial score (nSPS) is 25.1. The molecule has 0 N–H and O–H groups in total. The van der Waals surface area contributed by atoms with Crippen molar-refractivity contribution >= 4 is 98.8 Å². The van der Waals surface area contributed by atoms with E-state index < -0.39 is 0 Å². The van der Waals surface area contributed by atoms with Crippen molar-refractivity contribution in [3.63, 3.8) is 0 Å². The third-order valence-electron chi connectivity index (χ3n) is 26.1. The van der Waals surface area contributed by atoms with Crippen molar-refractivity contribution in [2.75, 3.05) is 14.7 Å². The van der Waals surface area contributed by atoms with Crippen LogP contribution in [0.1, 0.15) is 135 Å². The molecule has 3 nitrogen and oxygen atoms in total. The molecule has 0 bridgehead atoms. The second-order valence-electron chi connectivity index (χ2n) is 30.6. The maximum Gasteiger partial charge on any atom is 0.0543 e. The van der Waals surface area contributed by atoms with Gasteiger partial charge in [-0.2, -0.15) is 0 Å². The summed E-state index contributed by atoms with van der Waals surface area (Å²) in [6.07, 6.45) is 7.19. The van der Waals surface area contributed by atoms with E-state index in [-0.39, 0.29) is 32.9 Å². The molecule has 19 rings (SSSR count). The van der Waals surface area contributed by atoms with E-state index in [1.807, 2.05) is 0 Å². The highest BCUT2D eigenvalue weighted by Gasteiger charge is 2.63. The van der Waals surface area contributed by atoms with Gasteiger partial charge in [0.1, 0.15) is 0 Å². The highest BCUT2D eigenvalue weighted by atomic mass is 15.3. The summed E-state index contributed by atoms with van der Waals surface area (Å²) in [6, 6.07) is 83.3. The van der Waals surface area contributed by atoms with Gasteiger partial charge in [-0.05, 0) is 275 Å². The fraction of sp³-hybridized carbons (Fsp3) is 0.279. The minimum atomic E-state index is -0.0568. The molecule has 13 aromatic carbocycles. The molecule has 6 unspecified atom stereocenters. The number of rotatable bonds is 6. The summed E-state index contributed by atoms with van der Waals surface area (Å²) in [5, 5.41) is 16.2. The summed E-state index contributed by atoms with van der Waals surface area (Å²) >= 11 is 0. The summed E-state index contributed by atoms with van der Waals surface area (Å²) in [5.74, 6) is 1.30. The first kappa shape index (κ1) is 52.3. The SMILES string of the molecule is CC1(C)CCC2c3cc(-c4ccc5c6cc7c(cc6c6cccc4c65)c4ccc(-c5ccc6c(c5)C5CCC(C)(C)C5(C)N6c5ccccc5)c5c(-c6ccc8c(c6)C6CCC(C)(C)C6(C)N8c6ccccc6)ccc7c54)ccc3N(c3ccccc3)C21C. The van der Waals surface area contributed by atoms with Gasteiger partial charge in [-0.25, -0.2) is 0 Å². The molecule has 0 saturated heterocycles. The van der Waals surface area contributed by atoms with Gasteiger partial charge >= 0.3 is 0 Å². The van der Waals surface area contributed by atoms with Crippen molar-refractivity contribution in [3.05, 3.63) is 229 Å². The van der Waals surface area contributed by atoms with Crippen molar-refractivity contribution in [3.8, 4) is 33.4 Å². The van der Waals surface area contributed by atoms with Crippen LogP contribution in [-0.2, 0) is 0 Å². The van der Waals surface area contributed by atoms with Crippen LogP contribution in [-0.4, -0.2) is 16.6 Å². The standard InChI is InChI=1S/C86H77N3/c1-81(2)43-40-72-69-46-51(28-37-75(69)87(84(72,81)7)54-20-13-10-14-21-54)57-31-34-62-66-50-68-64-36-33-59(53-30-39-77-71(48-53)74-42-45-83(5,6)86(74,9)89(77)56-24-17-12-18-25-56)79-58(32-35-63(80(64)79)67(68)49-65(66)61-27-19-26-60(57)78(61)62)52-29-38-76-70(47-52)73-41-44-82(3,4)85(73,8)88(76)55-22-15-11-16-23-55/h10-39,46-50,72-74H,40-45H2,1-9H3. The fourth-order valence-electron chi connectivity index (χ4n) is 20.6. The summed E-state index contributed by atoms with van der Waals surface area (Å²) in [4.78, 5) is 8.13. The lowest BCUT2D eigenvalue weighted by Crippen LogP contribution is -2.50. The molecule has 0 radical (unpaired) electrons. The molecular weight excluding hydrogens is 1070 g/mol. The Morgan fingerprint density at radius 2 is 0.596 bits per heavy atom. The Hall–Kier alpha value is -8.66. The van der Waals surface area contributed by atoms with Gasteiger partial charge in [0.25, 0.3) is 0 Å². The van der Waals surface area contributed by atoms with Crippen LogP contribution >= 0.6 is 0 Å². The second-order valence-corrected chi connectivity index (χ2v) is 30.6. The summed E-state index contributed by atoms with van der Waals surface area (Å²) in [5.41, 5.74) is 20.6. The van der Waals surface area contributed by atoms with E-state index in [0.717, 1.165) is 0 Å². The van der Waals surface area contributed by atoms with Crippen LogP contribution in [0.5, 0.6) is 0 Å². The molecule has 6 aliphatic rings. The lowest BCUT2D eigenvalue weighted by atomic mass is 9.72. The zero-order chi connectivity index (χ0) is 60.0. The van der Waals surface area contributed by atoms with E-state index in [9.17, 15) is 0 Å². The summed E-state index contributed by atoms with van der Waals surface area (Å²) in [7, 11) is 0. The van der Waals surface area contributed by atoms with Crippen molar-refractivity contribution in [1.29, 1.82) is 0 Å². The van der Waals surface area contributed by atoms with E-state index in [4.69, 9.17) is 0 Å². The molecule has 13 aromatic rings. The Morgan fingerprint density at radius 1 is 0.270 bits per heavy atom. The van der Waals surface area contributed by atoms with Crippen LogP contribution in [0.4, 0.5) is 34.1 Å². The molecule has 0 amide bonds. The first-order chi connectivity index (χ1) is 43.0. The topological polar surface area (TPSA) is 9.72 Å². The molecule has 3 aliphatic heterocycles. The lowest BCUT2D eigenvalue weighted by Gasteiger charge is -2.47. The number of nitrogens with zero attached hydrogens (tertiary/aromatic N) is 3. The molecule has 89 heavy (non-hydrogen) atoms. The third kappa shape index (κ3) is 6.40. The zero-order valence-electron chi connectivity index (χ0n) is 53.0. The molecule has 3 aliphatic carbocycles. The van der Waals surface area contributed by atoms with Gasteiger partial charge in [-0.3, -0.25) is 0 Å². The van der Waals surface area contributed by atoms with Crippen LogP contribution in [0.2, 0.25) is 0 Å². The fourth-order valence-corrected chi connectivity index (χ4v) is 20.6. The van der Waals surface area contributed by atoms with Crippen LogP contribution in [0.15, 0.2) is 212 Å². The van der Waals surface area contributed by atoms with Gasteiger partial charge in [-0.1, -0.05) is 169 Å². The molecule has 6 atom stereocenters. The number of hydrogen-bond acceptors (Lipinski definition) is 3. The van der Waals surface area contributed by atoms with E-state index in [1.54, 1.807) is 0 Å². The molecule has 3 heteroatoms. The van der Waals surface area contributed by atoms with E-state index in [2.05, 4.69) is 289 Å². The van der Waals surface area contributed by atoms with Crippen LogP contribution in [0, 0.1) is 16.2 Å². The second kappa shape index (κ2) is 17.4. The smallest absolute Gasteiger partial charge is 0.0543 e. The van der Waals surface area contributed by atoms with Gasteiger partial charge in [-0.15, -0.1) is 0 Å². The minimum Gasteiger partial charge on any atom is -0.334 e. The lowest BCUT2D eigenvalue weighted by molar-refractivity contribution is 0.222. The zero-order valence-corrected chi connectivity index (χ0v) is 53.0. The molecule has 3 heterocycles. The largest absolute Gasteiger partial charge is 0.334 e. The Kier molecular flexibility index (Phi) is 10.2. The van der Waals surface area contributed by atoms with E-state index in [1.165, 1.54) is 187 Å². The monoisotopic (exact) mass is 1150 g/mol. The Morgan fingerprint density at radius 3 is 0.978 bits per heavy atom. The highest BCUT2D eigenvalue weighted by molar-refractivity contribution is 6.39. The minimum absolute atomic E-state index is 0.0178. The Balaban J connectivity index is 0.806. The van der Waals surface area contributed by atoms with Crippen LogP contribution in [0.25, 0.3) is 98.0 Å². The predicted octanol–water partition coefficient (Wildman–Crippen LogP) is 23.9. The molecule has 436 valence electrons. The van der Waals surface area contributed by atoms with Gasteiger partial charge in [0.15, 0.2) is 0 Å². The number of anilines is 6. The maximum atomic E-state index is 2.72. The number of hydrogen-bond donors (Lipinski definition) is 0. The van der Waals surface area contributed by atoms with Gasteiger partial charge in [0.2, 0.25) is 0 Å². The average Bonchev–Trinajstić information content (AvgIpc) is 1.56. The third-order valence-corrected chi connectivity index (χ3v) is 26.1. The first-order valence-electron chi connectivity index (χ1n) is 33.4. The number of fused-ring (bicyclic) bond motifs is 15. The van der Waals surface area contributed by atoms with E-state index in [0.29, 0.717) is 17.8 Å². The highest BCUT2D eigenvalue weighted by Crippen LogP contribution is 2.69. The quantitative estimate of drug-likeness (QED) is 0.164. The van der Waals surface area contributed by atoms with Crippen LogP contribution in [0.3, 0.4) is 0 Å². The van der Waals surface area contributed by atoms with Crippen LogP contribution < -0.4 is 14.7 Å². The molecule has 3 fully saturated rings. The summed E-state index contributed by atoms with van der Waals surface area (Å²) < 4.78 is 0. The van der Waals surface area contributed by atoms with Crippen molar-refractivity contribution in [2.45, 2.75) is 135 Å². The van der Waals surface area contributed by atoms with Gasteiger partial charge in [0, 0.05) is 51.9 Å². The van der Waals surface area contributed by atoms with Crippen molar-refractivity contribution in [2.24, 2.45) is 16.2 Å². The molecule has 0 spiro atoms. The molecule has 3 saturated carbocycles. The van der Waals surface area contributed by atoms with Gasteiger partial charge < -0.3 is 14.7 Å². The van der Waals surface area contributed by atoms with Gasteiger partial charge in [0.05, 0.1) is 16.6 Å². The molecule has 0 aromatic heterocycles. The maximum absolute atomic E-state index is 2.72. The van der Waals surface area contributed by atoms with Crippen molar-refractivity contribution in [1.82, 2.24) is 0 Å².